The second-order valence-corrected chi connectivity index (χ2v) is 5.23. The van der Waals surface area contributed by atoms with Crippen molar-refractivity contribution in [1.82, 2.24) is 0 Å². The number of thioether (sulfide) groups is 2. The van der Waals surface area contributed by atoms with Crippen molar-refractivity contribution in [1.29, 1.82) is 0 Å². The van der Waals surface area contributed by atoms with E-state index in [0.717, 1.165) is 18.7 Å². The van der Waals surface area contributed by atoms with Gasteiger partial charge < -0.3 is 5.73 Å². The lowest BCUT2D eigenvalue weighted by Crippen LogP contribution is -2.07. The summed E-state index contributed by atoms with van der Waals surface area (Å²) in [6.07, 6.45) is 3.13. The summed E-state index contributed by atoms with van der Waals surface area (Å²) < 4.78 is 0. The Morgan fingerprint density at radius 2 is 2.00 bits per heavy atom. The van der Waals surface area contributed by atoms with Crippen LogP contribution in [0.5, 0.6) is 0 Å². The largest absolute Gasteiger partial charge is 0.379 e. The van der Waals surface area contributed by atoms with E-state index in [9.17, 15) is 0 Å². The number of amidine groups is 1. The van der Waals surface area contributed by atoms with Crippen molar-refractivity contribution in [2.24, 2.45) is 10.7 Å². The van der Waals surface area contributed by atoms with E-state index in [4.69, 9.17) is 5.73 Å². The zero-order chi connectivity index (χ0) is 11.8. The Balaban J connectivity index is 2.42. The average molecular weight is 254 g/mol. The molecule has 0 saturated heterocycles. The van der Waals surface area contributed by atoms with E-state index < -0.39 is 0 Å². The molecule has 0 bridgehead atoms. The van der Waals surface area contributed by atoms with Gasteiger partial charge in [-0.05, 0) is 30.4 Å². The summed E-state index contributed by atoms with van der Waals surface area (Å²) in [5, 5.41) is 0.691. The van der Waals surface area contributed by atoms with Crippen LogP contribution in [0.25, 0.3) is 0 Å². The predicted octanol–water partition coefficient (Wildman–Crippen LogP) is 3.37. The normalized spacial score (nSPS) is 11.8. The molecule has 0 aromatic heterocycles. The van der Waals surface area contributed by atoms with E-state index in [1.165, 1.54) is 10.5 Å². The third-order valence-electron chi connectivity index (χ3n) is 2.04. The van der Waals surface area contributed by atoms with Crippen LogP contribution in [0.15, 0.2) is 34.2 Å². The highest BCUT2D eigenvalue weighted by Crippen LogP contribution is 2.18. The minimum atomic E-state index is 0.691. The first-order valence-corrected chi connectivity index (χ1v) is 7.53. The van der Waals surface area contributed by atoms with Gasteiger partial charge in [0.15, 0.2) is 5.17 Å². The van der Waals surface area contributed by atoms with Crippen LogP contribution < -0.4 is 5.73 Å². The molecule has 1 aromatic rings. The van der Waals surface area contributed by atoms with E-state index in [0.29, 0.717) is 5.17 Å². The number of hydrogen-bond donors (Lipinski definition) is 1. The maximum Gasteiger partial charge on any atom is 0.154 e. The molecule has 88 valence electrons. The number of aliphatic imine (C=N–C) groups is 1. The van der Waals surface area contributed by atoms with Crippen molar-refractivity contribution in [2.45, 2.75) is 24.0 Å². The number of benzene rings is 1. The zero-order valence-electron chi connectivity index (χ0n) is 9.77. The average Bonchev–Trinajstić information content (AvgIpc) is 2.34. The van der Waals surface area contributed by atoms with Crippen LogP contribution in [0.4, 0.5) is 0 Å². The SMILES string of the molecule is CCCN=C(N)SCc1ccc(SC)cc1. The molecular formula is C12H18N2S2. The lowest BCUT2D eigenvalue weighted by atomic mass is 10.2. The fourth-order valence-electron chi connectivity index (χ4n) is 1.15. The van der Waals surface area contributed by atoms with Crippen LogP contribution in [0.3, 0.4) is 0 Å². The molecule has 0 aliphatic carbocycles. The summed E-state index contributed by atoms with van der Waals surface area (Å²) in [4.78, 5) is 5.54. The van der Waals surface area contributed by atoms with E-state index in [1.807, 2.05) is 0 Å². The van der Waals surface area contributed by atoms with Crippen LogP contribution in [-0.4, -0.2) is 18.0 Å². The standard InChI is InChI=1S/C12H18N2S2/c1-3-8-14-12(13)16-9-10-4-6-11(15-2)7-5-10/h4-7H,3,8-9H2,1-2H3,(H2,13,14). The molecule has 16 heavy (non-hydrogen) atoms. The topological polar surface area (TPSA) is 38.4 Å². The summed E-state index contributed by atoms with van der Waals surface area (Å²) in [7, 11) is 0. The molecule has 0 unspecified atom stereocenters. The quantitative estimate of drug-likeness (QED) is 0.497. The fourth-order valence-corrected chi connectivity index (χ4v) is 2.24. The fraction of sp³-hybridized carbons (Fsp3) is 0.417. The molecule has 0 spiro atoms. The van der Waals surface area contributed by atoms with Crippen molar-refractivity contribution in [3.05, 3.63) is 29.8 Å². The highest BCUT2D eigenvalue weighted by molar-refractivity contribution is 8.13. The number of hydrogen-bond acceptors (Lipinski definition) is 3. The first kappa shape index (κ1) is 13.5. The van der Waals surface area contributed by atoms with E-state index in [1.54, 1.807) is 23.5 Å². The molecule has 2 N–H and O–H groups in total. The van der Waals surface area contributed by atoms with Crippen molar-refractivity contribution in [3.63, 3.8) is 0 Å². The molecule has 2 nitrogen and oxygen atoms in total. The third-order valence-corrected chi connectivity index (χ3v) is 3.68. The van der Waals surface area contributed by atoms with Crippen molar-refractivity contribution in [2.75, 3.05) is 12.8 Å². The Hall–Kier alpha value is -0.610. The second kappa shape index (κ2) is 7.63. The molecular weight excluding hydrogens is 236 g/mol. The molecule has 0 atom stereocenters. The van der Waals surface area contributed by atoms with Gasteiger partial charge >= 0.3 is 0 Å². The number of nitrogens with zero attached hydrogens (tertiary/aromatic N) is 1. The summed E-state index contributed by atoms with van der Waals surface area (Å²) in [6.45, 7) is 2.92. The minimum Gasteiger partial charge on any atom is -0.379 e. The van der Waals surface area contributed by atoms with Crippen molar-refractivity contribution in [3.8, 4) is 0 Å². The Kier molecular flexibility index (Phi) is 6.42. The van der Waals surface area contributed by atoms with E-state index >= 15 is 0 Å². The third kappa shape index (κ3) is 4.94. The van der Waals surface area contributed by atoms with E-state index in [2.05, 4.69) is 42.4 Å². The Morgan fingerprint density at radius 3 is 2.56 bits per heavy atom. The Morgan fingerprint density at radius 1 is 1.31 bits per heavy atom. The first-order chi connectivity index (χ1) is 7.76. The molecule has 0 saturated carbocycles. The van der Waals surface area contributed by atoms with Gasteiger partial charge in [0.1, 0.15) is 0 Å². The highest BCUT2D eigenvalue weighted by Gasteiger charge is 1.97. The van der Waals surface area contributed by atoms with Gasteiger partial charge in [-0.25, -0.2) is 0 Å². The maximum absolute atomic E-state index is 5.77. The molecule has 0 aliphatic rings. The molecule has 0 radical (unpaired) electrons. The smallest absolute Gasteiger partial charge is 0.154 e. The highest BCUT2D eigenvalue weighted by atomic mass is 32.2. The van der Waals surface area contributed by atoms with Gasteiger partial charge in [-0.1, -0.05) is 30.8 Å². The van der Waals surface area contributed by atoms with Crippen LogP contribution in [-0.2, 0) is 5.75 Å². The Labute approximate surface area is 106 Å². The van der Waals surface area contributed by atoms with Gasteiger partial charge in [-0.2, -0.15) is 0 Å². The summed E-state index contributed by atoms with van der Waals surface area (Å²) in [5.74, 6) is 0.897. The van der Waals surface area contributed by atoms with Gasteiger partial charge in [0.2, 0.25) is 0 Å². The number of nitrogens with two attached hydrogens (primary N) is 1. The molecule has 0 heterocycles. The van der Waals surface area contributed by atoms with Crippen LogP contribution in [0.1, 0.15) is 18.9 Å². The zero-order valence-corrected chi connectivity index (χ0v) is 11.4. The lowest BCUT2D eigenvalue weighted by molar-refractivity contribution is 0.934. The summed E-state index contributed by atoms with van der Waals surface area (Å²) >= 11 is 3.36. The van der Waals surface area contributed by atoms with Gasteiger partial charge in [0.05, 0.1) is 0 Å². The van der Waals surface area contributed by atoms with Crippen LogP contribution >= 0.6 is 23.5 Å². The van der Waals surface area contributed by atoms with Crippen LogP contribution in [0.2, 0.25) is 0 Å². The maximum atomic E-state index is 5.77. The van der Waals surface area contributed by atoms with Gasteiger partial charge in [-0.15, -0.1) is 11.8 Å². The predicted molar refractivity (Wildman–Crippen MR) is 76.3 cm³/mol. The van der Waals surface area contributed by atoms with Gasteiger partial charge in [-0.3, -0.25) is 4.99 Å². The number of rotatable bonds is 5. The summed E-state index contributed by atoms with van der Waals surface area (Å²) in [6, 6.07) is 8.57. The molecule has 1 aromatic carbocycles. The summed E-state index contributed by atoms with van der Waals surface area (Å²) in [5.41, 5.74) is 7.06. The van der Waals surface area contributed by atoms with Gasteiger partial charge in [0.25, 0.3) is 0 Å². The molecule has 0 aliphatic heterocycles. The molecule has 0 fully saturated rings. The van der Waals surface area contributed by atoms with Crippen molar-refractivity contribution < 1.29 is 0 Å². The van der Waals surface area contributed by atoms with Crippen molar-refractivity contribution >= 4 is 28.7 Å². The molecule has 4 heteroatoms. The lowest BCUT2D eigenvalue weighted by Gasteiger charge is -2.02. The molecule has 1 rings (SSSR count). The minimum absolute atomic E-state index is 0.691. The van der Waals surface area contributed by atoms with Crippen LogP contribution in [0, 0.1) is 0 Å². The Bertz CT molecular complexity index is 333. The second-order valence-electron chi connectivity index (χ2n) is 3.36. The van der Waals surface area contributed by atoms with Gasteiger partial charge in [0, 0.05) is 17.2 Å². The first-order valence-electron chi connectivity index (χ1n) is 5.32. The molecule has 0 amide bonds. The monoisotopic (exact) mass is 254 g/mol. The van der Waals surface area contributed by atoms with E-state index in [-0.39, 0.29) is 0 Å².